The van der Waals surface area contributed by atoms with Crippen LogP contribution in [0.1, 0.15) is 40.0 Å². The minimum atomic E-state index is -0.0329. The van der Waals surface area contributed by atoms with Crippen LogP contribution < -0.4 is 20.9 Å². The Morgan fingerprint density at radius 1 is 1.34 bits per heavy atom. The molecular formula is C25H32N6O. The molecule has 1 atom stereocenters. The number of nitrogens with zero attached hydrogens (tertiary/aromatic N) is 3. The van der Waals surface area contributed by atoms with E-state index >= 15 is 0 Å². The number of fused-ring (bicyclic) bond motifs is 1. The smallest absolute Gasteiger partial charge is 0.151 e. The highest BCUT2D eigenvalue weighted by Crippen LogP contribution is 2.34. The van der Waals surface area contributed by atoms with Gasteiger partial charge in [0.25, 0.3) is 0 Å². The SMILES string of the molecule is CCC(C)(C)Nc1cccnc1N(C)C1CCN(c2cc3cc(N)ccc3[nH]2)C(=C=O)C1. The lowest BCUT2D eigenvalue weighted by atomic mass is 9.99. The van der Waals surface area contributed by atoms with E-state index in [1.54, 1.807) is 0 Å². The second kappa shape index (κ2) is 8.60. The van der Waals surface area contributed by atoms with Crippen molar-refractivity contribution >= 4 is 39.9 Å². The van der Waals surface area contributed by atoms with Crippen LogP contribution in [0.5, 0.6) is 0 Å². The summed E-state index contributed by atoms with van der Waals surface area (Å²) in [5, 5.41) is 4.66. The van der Waals surface area contributed by atoms with Gasteiger partial charge in [0.15, 0.2) is 5.82 Å². The van der Waals surface area contributed by atoms with Crippen molar-refractivity contribution in [3.05, 3.63) is 48.3 Å². The molecule has 7 heteroatoms. The summed E-state index contributed by atoms with van der Waals surface area (Å²) in [7, 11) is 2.06. The average molecular weight is 433 g/mol. The second-order valence-corrected chi connectivity index (χ2v) is 9.20. The largest absolute Gasteiger partial charge is 0.399 e. The fraction of sp³-hybridized carbons (Fsp3) is 0.400. The molecule has 0 spiro atoms. The Morgan fingerprint density at radius 2 is 2.16 bits per heavy atom. The van der Waals surface area contributed by atoms with Crippen LogP contribution in [0, 0.1) is 0 Å². The Balaban J connectivity index is 1.55. The number of anilines is 4. The molecule has 1 aromatic carbocycles. The molecule has 4 rings (SSSR count). The van der Waals surface area contributed by atoms with Gasteiger partial charge in [0.05, 0.1) is 5.69 Å². The van der Waals surface area contributed by atoms with Gasteiger partial charge >= 0.3 is 0 Å². The molecule has 1 aliphatic heterocycles. The van der Waals surface area contributed by atoms with Crippen LogP contribution in [0.4, 0.5) is 23.0 Å². The van der Waals surface area contributed by atoms with Crippen LogP contribution in [0.2, 0.25) is 0 Å². The maximum absolute atomic E-state index is 11.9. The maximum Gasteiger partial charge on any atom is 0.151 e. The molecule has 3 heterocycles. The summed E-state index contributed by atoms with van der Waals surface area (Å²) in [6.45, 7) is 7.26. The summed E-state index contributed by atoms with van der Waals surface area (Å²) in [5.41, 5.74) is 9.26. The molecule has 0 saturated carbocycles. The normalized spacial score (nSPS) is 16.8. The third-order valence-corrected chi connectivity index (χ3v) is 6.51. The third kappa shape index (κ3) is 4.30. The summed E-state index contributed by atoms with van der Waals surface area (Å²) in [5.74, 6) is 3.99. The minimum Gasteiger partial charge on any atom is -0.399 e. The standard InChI is InChI=1S/C25H32N6O/c1-5-25(2,3)29-22-7-6-11-27-24(22)30(4)19-10-12-31(20(15-19)16-32)23-14-17-13-18(26)8-9-21(17)28-23/h6-9,11,13-14,19,28-29H,5,10,12,15,26H2,1-4H3. The number of nitrogens with two attached hydrogens (primary N) is 1. The Labute approximate surface area is 189 Å². The molecule has 32 heavy (non-hydrogen) atoms. The molecule has 1 unspecified atom stereocenters. The number of aromatic nitrogens is 2. The predicted molar refractivity (Wildman–Crippen MR) is 133 cm³/mol. The number of hydrogen-bond donors (Lipinski definition) is 3. The maximum atomic E-state index is 11.9. The van der Waals surface area contributed by atoms with Gasteiger partial charge < -0.3 is 25.8 Å². The fourth-order valence-corrected chi connectivity index (χ4v) is 4.22. The van der Waals surface area contributed by atoms with Gasteiger partial charge in [-0.1, -0.05) is 6.92 Å². The van der Waals surface area contributed by atoms with E-state index in [1.807, 2.05) is 41.4 Å². The first-order valence-electron chi connectivity index (χ1n) is 11.2. The summed E-state index contributed by atoms with van der Waals surface area (Å²) in [6.07, 6.45) is 4.31. The molecule has 0 bridgehead atoms. The quantitative estimate of drug-likeness (QED) is 0.391. The van der Waals surface area contributed by atoms with Crippen molar-refractivity contribution < 1.29 is 4.79 Å². The van der Waals surface area contributed by atoms with Crippen molar-refractivity contribution in [2.24, 2.45) is 0 Å². The number of nitrogens with one attached hydrogen (secondary N) is 2. The lowest BCUT2D eigenvalue weighted by Gasteiger charge is -2.39. The number of rotatable bonds is 6. The second-order valence-electron chi connectivity index (χ2n) is 9.20. The monoisotopic (exact) mass is 432 g/mol. The molecule has 1 saturated heterocycles. The number of carbonyl (C=O) groups excluding carboxylic acids is 1. The molecule has 0 amide bonds. The van der Waals surface area contributed by atoms with Gasteiger partial charge in [-0.2, -0.15) is 0 Å². The fourth-order valence-electron chi connectivity index (χ4n) is 4.22. The first-order chi connectivity index (χ1) is 15.3. The van der Waals surface area contributed by atoms with E-state index in [-0.39, 0.29) is 11.6 Å². The Morgan fingerprint density at radius 3 is 2.91 bits per heavy atom. The van der Waals surface area contributed by atoms with Crippen LogP contribution in [0.3, 0.4) is 0 Å². The number of aromatic amines is 1. The van der Waals surface area contributed by atoms with Gasteiger partial charge in [-0.3, -0.25) is 0 Å². The lowest BCUT2D eigenvalue weighted by Crippen LogP contribution is -2.43. The van der Waals surface area contributed by atoms with E-state index in [9.17, 15) is 4.79 Å². The van der Waals surface area contributed by atoms with Gasteiger partial charge in [-0.05, 0) is 63.1 Å². The summed E-state index contributed by atoms with van der Waals surface area (Å²) in [4.78, 5) is 24.2. The molecule has 1 fully saturated rings. The van der Waals surface area contributed by atoms with E-state index in [0.29, 0.717) is 12.1 Å². The van der Waals surface area contributed by atoms with Crippen molar-refractivity contribution in [1.82, 2.24) is 9.97 Å². The predicted octanol–water partition coefficient (Wildman–Crippen LogP) is 4.57. The molecule has 2 aromatic heterocycles. The molecule has 0 radical (unpaired) electrons. The van der Waals surface area contributed by atoms with Crippen molar-refractivity contribution in [2.45, 2.75) is 51.6 Å². The van der Waals surface area contributed by atoms with E-state index in [2.05, 4.69) is 60.0 Å². The Kier molecular flexibility index (Phi) is 5.85. The first kappa shape index (κ1) is 21.8. The van der Waals surface area contributed by atoms with Crippen molar-refractivity contribution in [3.63, 3.8) is 0 Å². The third-order valence-electron chi connectivity index (χ3n) is 6.51. The van der Waals surface area contributed by atoms with Gasteiger partial charge in [0.1, 0.15) is 17.5 Å². The zero-order valence-corrected chi connectivity index (χ0v) is 19.3. The molecule has 168 valence electrons. The van der Waals surface area contributed by atoms with Crippen LogP contribution in [-0.2, 0) is 4.79 Å². The highest BCUT2D eigenvalue weighted by Gasteiger charge is 2.30. The van der Waals surface area contributed by atoms with Gasteiger partial charge in [0.2, 0.25) is 0 Å². The number of benzene rings is 1. The molecular weight excluding hydrogens is 400 g/mol. The Hall–Kier alpha value is -3.44. The summed E-state index contributed by atoms with van der Waals surface area (Å²) in [6, 6.07) is 12.0. The summed E-state index contributed by atoms with van der Waals surface area (Å²) >= 11 is 0. The highest BCUT2D eigenvalue weighted by atomic mass is 16.1. The van der Waals surface area contributed by atoms with Gasteiger partial charge in [-0.15, -0.1) is 0 Å². The Bertz CT molecular complexity index is 1160. The van der Waals surface area contributed by atoms with E-state index < -0.39 is 0 Å². The number of piperidine rings is 1. The number of pyridine rings is 1. The van der Waals surface area contributed by atoms with Crippen LogP contribution >= 0.6 is 0 Å². The molecule has 1 aliphatic rings. The molecule has 0 aliphatic carbocycles. The topological polar surface area (TPSA) is 90.3 Å². The van der Waals surface area contributed by atoms with E-state index in [1.165, 1.54) is 0 Å². The van der Waals surface area contributed by atoms with Crippen LogP contribution in [0.25, 0.3) is 10.9 Å². The van der Waals surface area contributed by atoms with E-state index in [4.69, 9.17) is 5.73 Å². The zero-order chi connectivity index (χ0) is 22.9. The van der Waals surface area contributed by atoms with Gasteiger partial charge in [-0.25, -0.2) is 9.78 Å². The van der Waals surface area contributed by atoms with Crippen molar-refractivity contribution in [1.29, 1.82) is 0 Å². The van der Waals surface area contributed by atoms with Crippen molar-refractivity contribution in [2.75, 3.05) is 34.4 Å². The molecule has 4 N–H and O–H groups in total. The van der Waals surface area contributed by atoms with Crippen LogP contribution in [0.15, 0.2) is 48.3 Å². The number of nitrogen functional groups attached to an aromatic ring is 1. The summed E-state index contributed by atoms with van der Waals surface area (Å²) < 4.78 is 0. The first-order valence-corrected chi connectivity index (χ1v) is 11.2. The molecule has 3 aromatic rings. The number of H-pyrrole nitrogens is 1. The highest BCUT2D eigenvalue weighted by molar-refractivity contribution is 5.87. The van der Waals surface area contributed by atoms with Gasteiger partial charge in [0, 0.05) is 54.4 Å². The average Bonchev–Trinajstić information content (AvgIpc) is 3.21. The zero-order valence-electron chi connectivity index (χ0n) is 19.3. The lowest BCUT2D eigenvalue weighted by molar-refractivity contribution is 0.512. The number of hydrogen-bond acceptors (Lipinski definition) is 6. The molecule has 7 nitrogen and oxygen atoms in total. The van der Waals surface area contributed by atoms with Crippen molar-refractivity contribution in [3.8, 4) is 0 Å². The van der Waals surface area contributed by atoms with Crippen LogP contribution in [-0.4, -0.2) is 41.1 Å². The minimum absolute atomic E-state index is 0.0329. The van der Waals surface area contributed by atoms with E-state index in [0.717, 1.165) is 53.3 Å².